The van der Waals surface area contributed by atoms with Crippen LogP contribution in [0.2, 0.25) is 5.02 Å². The van der Waals surface area contributed by atoms with E-state index in [4.69, 9.17) is 11.6 Å². The molecule has 3 rings (SSSR count). The van der Waals surface area contributed by atoms with E-state index in [9.17, 15) is 9.59 Å². The Morgan fingerprint density at radius 1 is 1.07 bits per heavy atom. The Bertz CT molecular complexity index is 849. The Balaban J connectivity index is 1.50. The highest BCUT2D eigenvalue weighted by atomic mass is 35.5. The third kappa shape index (κ3) is 6.35. The van der Waals surface area contributed by atoms with E-state index in [0.29, 0.717) is 22.9 Å². The topological polar surface area (TPSA) is 86.4 Å². The van der Waals surface area contributed by atoms with Gasteiger partial charge >= 0.3 is 6.03 Å². The van der Waals surface area contributed by atoms with Gasteiger partial charge in [0.2, 0.25) is 5.91 Å². The molecule has 1 fully saturated rings. The number of carbonyl (C=O) groups is 2. The quantitative estimate of drug-likeness (QED) is 0.675. The minimum atomic E-state index is -0.365. The predicted molar refractivity (Wildman–Crippen MR) is 117 cm³/mol. The molecular weight excluding hydrogens is 390 g/mol. The molecule has 2 aromatic rings. The number of hydrogen-bond donors (Lipinski definition) is 3. The van der Waals surface area contributed by atoms with E-state index in [2.05, 4.69) is 25.8 Å². The van der Waals surface area contributed by atoms with Gasteiger partial charge in [-0.1, -0.05) is 30.5 Å². The third-order valence-corrected chi connectivity index (χ3v) is 5.04. The second-order valence-electron chi connectivity index (χ2n) is 7.11. The van der Waals surface area contributed by atoms with Gasteiger partial charge in [0.1, 0.15) is 5.82 Å². The Hall–Kier alpha value is -2.80. The molecule has 0 bridgehead atoms. The van der Waals surface area contributed by atoms with E-state index in [1.807, 2.05) is 12.1 Å². The molecule has 0 radical (unpaired) electrons. The second-order valence-corrected chi connectivity index (χ2v) is 7.52. The van der Waals surface area contributed by atoms with Gasteiger partial charge in [-0.25, -0.2) is 9.78 Å². The molecule has 2 heterocycles. The van der Waals surface area contributed by atoms with Crippen LogP contribution in [0.4, 0.5) is 22.0 Å². The van der Waals surface area contributed by atoms with Crippen LogP contribution in [0.5, 0.6) is 0 Å². The first-order valence-electron chi connectivity index (χ1n) is 9.83. The van der Waals surface area contributed by atoms with Crippen molar-refractivity contribution in [1.29, 1.82) is 0 Å². The summed E-state index contributed by atoms with van der Waals surface area (Å²) in [4.78, 5) is 30.1. The first-order chi connectivity index (χ1) is 14.0. The van der Waals surface area contributed by atoms with E-state index < -0.39 is 0 Å². The second kappa shape index (κ2) is 10.1. The van der Waals surface area contributed by atoms with E-state index in [-0.39, 0.29) is 11.9 Å². The molecule has 0 saturated carbocycles. The summed E-state index contributed by atoms with van der Waals surface area (Å²) >= 11 is 6.17. The van der Waals surface area contributed by atoms with Crippen LogP contribution in [0, 0.1) is 0 Å². The fourth-order valence-electron chi connectivity index (χ4n) is 3.25. The first-order valence-corrected chi connectivity index (χ1v) is 10.2. The highest BCUT2D eigenvalue weighted by Gasteiger charge is 2.11. The summed E-state index contributed by atoms with van der Waals surface area (Å²) in [5.41, 5.74) is 1.96. The fraction of sp³-hybridized carbons (Fsp3) is 0.381. The summed E-state index contributed by atoms with van der Waals surface area (Å²) in [6.07, 6.45) is 6.79. The zero-order valence-electron chi connectivity index (χ0n) is 16.5. The van der Waals surface area contributed by atoms with E-state index in [0.717, 1.165) is 24.5 Å². The van der Waals surface area contributed by atoms with Crippen molar-refractivity contribution in [2.75, 3.05) is 28.6 Å². The van der Waals surface area contributed by atoms with Gasteiger partial charge in [-0.15, -0.1) is 0 Å². The van der Waals surface area contributed by atoms with Crippen LogP contribution in [-0.4, -0.2) is 30.0 Å². The maximum Gasteiger partial charge on any atom is 0.319 e. The van der Waals surface area contributed by atoms with E-state index >= 15 is 0 Å². The van der Waals surface area contributed by atoms with Crippen LogP contribution in [-0.2, 0) is 11.3 Å². The molecule has 1 aromatic heterocycles. The summed E-state index contributed by atoms with van der Waals surface area (Å²) in [5.74, 6) is 0.807. The molecule has 29 heavy (non-hydrogen) atoms. The lowest BCUT2D eigenvalue weighted by molar-refractivity contribution is -0.114. The molecule has 0 spiro atoms. The number of urea groups is 1. The highest BCUT2D eigenvalue weighted by molar-refractivity contribution is 6.34. The summed E-state index contributed by atoms with van der Waals surface area (Å²) in [7, 11) is 0. The molecule has 154 valence electrons. The maximum absolute atomic E-state index is 12.2. The Morgan fingerprint density at radius 3 is 2.45 bits per heavy atom. The molecular formula is C21H26ClN5O2. The molecule has 1 aliphatic heterocycles. The van der Waals surface area contributed by atoms with Gasteiger partial charge in [0, 0.05) is 38.4 Å². The standard InChI is InChI=1S/C21H26ClN5O2/c1-15(28)25-17-7-8-19(18(22)12-17)26-21(29)24-14-16-6-9-20(23-13-16)27-10-4-2-3-5-11-27/h6-9,12-13H,2-5,10-11,14H2,1H3,(H,25,28)(H2,24,26,29). The smallest absolute Gasteiger partial charge is 0.319 e. The lowest BCUT2D eigenvalue weighted by atomic mass is 10.2. The number of nitrogens with zero attached hydrogens (tertiary/aromatic N) is 2. The average Bonchev–Trinajstić information content (AvgIpc) is 2.98. The molecule has 1 saturated heterocycles. The van der Waals surface area contributed by atoms with Crippen molar-refractivity contribution in [3.63, 3.8) is 0 Å². The van der Waals surface area contributed by atoms with Crippen LogP contribution >= 0.6 is 11.6 Å². The van der Waals surface area contributed by atoms with Crippen LogP contribution < -0.4 is 20.9 Å². The first kappa shape index (κ1) is 20.9. The van der Waals surface area contributed by atoms with Gasteiger partial charge in [0.05, 0.1) is 10.7 Å². The molecule has 3 amide bonds. The Morgan fingerprint density at radius 2 is 1.83 bits per heavy atom. The summed E-state index contributed by atoms with van der Waals surface area (Å²) in [6, 6.07) is 8.54. The molecule has 1 aromatic carbocycles. The number of halogens is 1. The van der Waals surface area contributed by atoms with Crippen LogP contribution in [0.3, 0.4) is 0 Å². The third-order valence-electron chi connectivity index (χ3n) is 4.73. The number of nitrogens with one attached hydrogen (secondary N) is 3. The van der Waals surface area contributed by atoms with E-state index in [1.54, 1.807) is 24.4 Å². The molecule has 1 aliphatic rings. The number of hydrogen-bond acceptors (Lipinski definition) is 4. The lowest BCUT2D eigenvalue weighted by Crippen LogP contribution is -2.28. The van der Waals surface area contributed by atoms with Gasteiger partial charge in [0.25, 0.3) is 0 Å². The zero-order chi connectivity index (χ0) is 20.6. The van der Waals surface area contributed by atoms with Crippen LogP contribution in [0.25, 0.3) is 0 Å². The number of carbonyl (C=O) groups excluding carboxylic acids is 2. The van der Waals surface area contributed by atoms with Gasteiger partial charge in [-0.3, -0.25) is 4.79 Å². The summed E-state index contributed by atoms with van der Waals surface area (Å²) in [6.45, 7) is 3.88. The van der Waals surface area contributed by atoms with Crippen molar-refractivity contribution >= 4 is 40.7 Å². The average molecular weight is 416 g/mol. The van der Waals surface area contributed by atoms with Gasteiger partial charge in [-0.05, 0) is 42.7 Å². The van der Waals surface area contributed by atoms with Crippen molar-refractivity contribution in [3.8, 4) is 0 Å². The minimum absolute atomic E-state index is 0.185. The minimum Gasteiger partial charge on any atom is -0.357 e. The fourth-order valence-corrected chi connectivity index (χ4v) is 3.48. The van der Waals surface area contributed by atoms with Crippen molar-refractivity contribution in [2.24, 2.45) is 0 Å². The molecule has 3 N–H and O–H groups in total. The van der Waals surface area contributed by atoms with Crippen molar-refractivity contribution in [2.45, 2.75) is 39.2 Å². The van der Waals surface area contributed by atoms with Gasteiger partial charge in [-0.2, -0.15) is 0 Å². The molecule has 7 nitrogen and oxygen atoms in total. The molecule has 0 aliphatic carbocycles. The van der Waals surface area contributed by atoms with Gasteiger partial charge in [0.15, 0.2) is 0 Å². The largest absolute Gasteiger partial charge is 0.357 e. The van der Waals surface area contributed by atoms with Crippen LogP contribution in [0.15, 0.2) is 36.5 Å². The molecule has 0 unspecified atom stereocenters. The SMILES string of the molecule is CC(=O)Nc1ccc(NC(=O)NCc2ccc(N3CCCCCC3)nc2)c(Cl)c1. The number of anilines is 3. The summed E-state index contributed by atoms with van der Waals surface area (Å²) in [5, 5.41) is 8.49. The van der Waals surface area contributed by atoms with Crippen molar-refractivity contribution in [3.05, 3.63) is 47.1 Å². The molecule has 0 atom stereocenters. The van der Waals surface area contributed by atoms with Gasteiger partial charge < -0.3 is 20.9 Å². The zero-order valence-corrected chi connectivity index (χ0v) is 17.3. The van der Waals surface area contributed by atoms with Crippen LogP contribution in [0.1, 0.15) is 38.2 Å². The predicted octanol–water partition coefficient (Wildman–Crippen LogP) is 4.40. The summed E-state index contributed by atoms with van der Waals surface area (Å²) < 4.78 is 0. The number of amides is 3. The normalized spacial score (nSPS) is 14.1. The number of aromatic nitrogens is 1. The molecule has 8 heteroatoms. The Kier molecular flexibility index (Phi) is 7.30. The monoisotopic (exact) mass is 415 g/mol. The Labute approximate surface area is 175 Å². The van der Waals surface area contributed by atoms with Crippen molar-refractivity contribution in [1.82, 2.24) is 10.3 Å². The maximum atomic E-state index is 12.2. The van der Waals surface area contributed by atoms with Crippen molar-refractivity contribution < 1.29 is 9.59 Å². The number of rotatable bonds is 5. The number of benzene rings is 1. The number of pyridine rings is 1. The van der Waals surface area contributed by atoms with E-state index in [1.165, 1.54) is 32.6 Å². The lowest BCUT2D eigenvalue weighted by Gasteiger charge is -2.21. The highest BCUT2D eigenvalue weighted by Crippen LogP contribution is 2.25.